The first-order valence-electron chi connectivity index (χ1n) is 6.03. The van der Waals surface area contributed by atoms with E-state index in [0.717, 1.165) is 24.8 Å². The summed E-state index contributed by atoms with van der Waals surface area (Å²) >= 11 is 0. The maximum atomic E-state index is 5.77. The third-order valence-corrected chi connectivity index (χ3v) is 3.37. The number of rotatable bonds is 4. The molecule has 4 N–H and O–H groups in total. The minimum Gasteiger partial charge on any atom is -0.376 e. The van der Waals surface area contributed by atoms with Crippen molar-refractivity contribution in [2.24, 2.45) is 11.8 Å². The van der Waals surface area contributed by atoms with Crippen LogP contribution in [0, 0.1) is 5.92 Å². The van der Waals surface area contributed by atoms with Crippen molar-refractivity contribution in [3.05, 3.63) is 12.4 Å². The molecule has 2 heterocycles. The van der Waals surface area contributed by atoms with Gasteiger partial charge in [-0.1, -0.05) is 0 Å². The monoisotopic (exact) mass is 235 g/mol. The Hall–Kier alpha value is -1.40. The van der Waals surface area contributed by atoms with E-state index >= 15 is 0 Å². The van der Waals surface area contributed by atoms with E-state index in [-0.39, 0.29) is 0 Å². The largest absolute Gasteiger partial charge is 0.376 e. The summed E-state index contributed by atoms with van der Waals surface area (Å²) in [5.41, 5.74) is 2.52. The van der Waals surface area contributed by atoms with Crippen LogP contribution in [-0.4, -0.2) is 28.7 Å². The third-order valence-electron chi connectivity index (χ3n) is 3.37. The van der Waals surface area contributed by atoms with Crippen molar-refractivity contribution in [3.63, 3.8) is 0 Å². The summed E-state index contributed by atoms with van der Waals surface area (Å²) in [5, 5.41) is 3.42. The van der Waals surface area contributed by atoms with Crippen LogP contribution in [0.1, 0.15) is 19.3 Å². The van der Waals surface area contributed by atoms with Gasteiger partial charge in [-0.25, -0.2) is 15.8 Å². The molecular weight excluding hydrogens is 218 g/mol. The summed E-state index contributed by atoms with van der Waals surface area (Å²) in [4.78, 5) is 8.17. The van der Waals surface area contributed by atoms with Gasteiger partial charge in [0.15, 0.2) is 0 Å². The number of anilines is 2. The fraction of sp³-hybridized carbons (Fsp3) is 0.636. The van der Waals surface area contributed by atoms with Crippen LogP contribution >= 0.6 is 0 Å². The maximum absolute atomic E-state index is 5.77. The Bertz CT molecular complexity index is 395. The Kier molecular flexibility index (Phi) is 2.82. The van der Waals surface area contributed by atoms with Crippen LogP contribution in [0.25, 0.3) is 0 Å². The van der Waals surface area contributed by atoms with Gasteiger partial charge in [-0.05, 0) is 25.2 Å². The van der Waals surface area contributed by atoms with Crippen LogP contribution in [0.2, 0.25) is 0 Å². The fourth-order valence-electron chi connectivity index (χ4n) is 2.36. The zero-order valence-corrected chi connectivity index (χ0v) is 9.60. The van der Waals surface area contributed by atoms with Crippen LogP contribution in [0.4, 0.5) is 11.6 Å². The minimum absolute atomic E-state index is 0.347. The van der Waals surface area contributed by atoms with Gasteiger partial charge in [0.05, 0.1) is 12.1 Å². The van der Waals surface area contributed by atoms with E-state index in [1.807, 2.05) is 6.07 Å². The van der Waals surface area contributed by atoms with Gasteiger partial charge >= 0.3 is 0 Å². The molecule has 1 aliphatic heterocycles. The predicted molar refractivity (Wildman–Crippen MR) is 64.3 cm³/mol. The molecule has 1 aromatic heterocycles. The summed E-state index contributed by atoms with van der Waals surface area (Å²) in [6, 6.07) is 2.17. The number of hydrogen-bond acceptors (Lipinski definition) is 6. The lowest BCUT2D eigenvalue weighted by Gasteiger charge is -2.20. The van der Waals surface area contributed by atoms with Crippen molar-refractivity contribution in [2.75, 3.05) is 17.3 Å². The minimum atomic E-state index is 0.347. The number of ether oxygens (including phenoxy) is 1. The average molecular weight is 235 g/mol. The first kappa shape index (κ1) is 10.7. The third kappa shape index (κ3) is 2.32. The van der Waals surface area contributed by atoms with E-state index in [2.05, 4.69) is 20.7 Å². The maximum Gasteiger partial charge on any atom is 0.145 e. The second-order valence-corrected chi connectivity index (χ2v) is 4.65. The number of nitrogens with one attached hydrogen (secondary N) is 2. The number of nitrogens with two attached hydrogens (primary N) is 1. The van der Waals surface area contributed by atoms with Crippen molar-refractivity contribution in [2.45, 2.75) is 31.4 Å². The molecule has 6 nitrogen and oxygen atoms in total. The smallest absolute Gasteiger partial charge is 0.145 e. The van der Waals surface area contributed by atoms with Gasteiger partial charge in [-0.3, -0.25) is 0 Å². The van der Waals surface area contributed by atoms with Crippen molar-refractivity contribution < 1.29 is 4.74 Å². The molecule has 92 valence electrons. The molecule has 2 fully saturated rings. The second-order valence-electron chi connectivity index (χ2n) is 4.65. The SMILES string of the molecule is NNc1cc(NC2CCOC2C2CC2)ncn1. The van der Waals surface area contributed by atoms with Gasteiger partial charge < -0.3 is 15.5 Å². The first-order chi connectivity index (χ1) is 8.36. The Morgan fingerprint density at radius 2 is 2.06 bits per heavy atom. The molecule has 2 atom stereocenters. The molecule has 0 radical (unpaired) electrons. The average Bonchev–Trinajstić information content (AvgIpc) is 3.11. The molecule has 6 heteroatoms. The summed E-state index contributed by atoms with van der Waals surface area (Å²) < 4.78 is 5.77. The molecule has 3 rings (SSSR count). The zero-order chi connectivity index (χ0) is 11.7. The predicted octanol–water partition coefficient (Wildman–Crippen LogP) is 0.742. The van der Waals surface area contributed by atoms with E-state index in [1.54, 1.807) is 0 Å². The van der Waals surface area contributed by atoms with Crippen LogP contribution in [-0.2, 0) is 4.74 Å². The van der Waals surface area contributed by atoms with Gasteiger partial charge in [0.25, 0.3) is 0 Å². The summed E-state index contributed by atoms with van der Waals surface area (Å²) in [5.74, 6) is 7.47. The van der Waals surface area contributed by atoms with E-state index in [0.29, 0.717) is 18.0 Å². The molecule has 2 unspecified atom stereocenters. The van der Waals surface area contributed by atoms with Crippen molar-refractivity contribution in [3.8, 4) is 0 Å². The molecule has 1 aliphatic carbocycles. The highest BCUT2D eigenvalue weighted by Gasteiger charge is 2.40. The fourth-order valence-corrected chi connectivity index (χ4v) is 2.36. The molecule has 1 saturated carbocycles. The highest BCUT2D eigenvalue weighted by molar-refractivity contribution is 5.46. The van der Waals surface area contributed by atoms with Gasteiger partial charge in [0.2, 0.25) is 0 Å². The number of nitrogen functional groups attached to an aromatic ring is 1. The van der Waals surface area contributed by atoms with Gasteiger partial charge in [0.1, 0.15) is 18.0 Å². The number of aromatic nitrogens is 2. The zero-order valence-electron chi connectivity index (χ0n) is 9.60. The lowest BCUT2D eigenvalue weighted by molar-refractivity contribution is 0.0898. The number of nitrogens with zero attached hydrogens (tertiary/aromatic N) is 2. The molecular formula is C11H17N5O. The summed E-state index contributed by atoms with van der Waals surface area (Å²) in [6.45, 7) is 0.839. The van der Waals surface area contributed by atoms with E-state index in [9.17, 15) is 0 Å². The van der Waals surface area contributed by atoms with Gasteiger partial charge in [-0.15, -0.1) is 0 Å². The highest BCUT2D eigenvalue weighted by Crippen LogP contribution is 2.39. The highest BCUT2D eigenvalue weighted by atomic mass is 16.5. The normalized spacial score (nSPS) is 28.1. The summed E-state index contributed by atoms with van der Waals surface area (Å²) in [6.07, 6.45) is 5.47. The molecule has 17 heavy (non-hydrogen) atoms. The lowest BCUT2D eigenvalue weighted by Crippen LogP contribution is -2.31. The number of hydrazine groups is 1. The van der Waals surface area contributed by atoms with Crippen molar-refractivity contribution >= 4 is 11.6 Å². The first-order valence-corrected chi connectivity index (χ1v) is 6.03. The molecule has 0 bridgehead atoms. The molecule has 0 aromatic carbocycles. The van der Waals surface area contributed by atoms with E-state index < -0.39 is 0 Å². The Morgan fingerprint density at radius 3 is 2.82 bits per heavy atom. The second kappa shape index (κ2) is 4.46. The number of hydrogen-bond donors (Lipinski definition) is 3. The molecule has 0 amide bonds. The molecule has 0 spiro atoms. The Labute approximate surface area is 99.9 Å². The van der Waals surface area contributed by atoms with Crippen LogP contribution in [0.5, 0.6) is 0 Å². The lowest BCUT2D eigenvalue weighted by atomic mass is 10.1. The van der Waals surface area contributed by atoms with Crippen LogP contribution < -0.4 is 16.6 Å². The van der Waals surface area contributed by atoms with E-state index in [4.69, 9.17) is 10.6 Å². The Morgan fingerprint density at radius 1 is 1.24 bits per heavy atom. The van der Waals surface area contributed by atoms with Crippen LogP contribution in [0.3, 0.4) is 0 Å². The standard InChI is InChI=1S/C11H17N5O/c12-16-10-5-9(13-6-14-10)15-8-3-4-17-11(8)7-1-2-7/h5-8,11H,1-4,12H2,(H2,13,14,15,16). The Balaban J connectivity index is 1.68. The van der Waals surface area contributed by atoms with Crippen molar-refractivity contribution in [1.82, 2.24) is 9.97 Å². The van der Waals surface area contributed by atoms with E-state index in [1.165, 1.54) is 19.2 Å². The van der Waals surface area contributed by atoms with Crippen molar-refractivity contribution in [1.29, 1.82) is 0 Å². The summed E-state index contributed by atoms with van der Waals surface area (Å²) in [7, 11) is 0. The molecule has 1 aromatic rings. The van der Waals surface area contributed by atoms with Gasteiger partial charge in [0, 0.05) is 12.7 Å². The van der Waals surface area contributed by atoms with Crippen LogP contribution in [0.15, 0.2) is 12.4 Å². The molecule has 1 saturated heterocycles. The topological polar surface area (TPSA) is 85.1 Å². The van der Waals surface area contributed by atoms with Gasteiger partial charge in [-0.2, -0.15) is 0 Å². The molecule has 2 aliphatic rings. The quantitative estimate of drug-likeness (QED) is 0.527.